The summed E-state index contributed by atoms with van der Waals surface area (Å²) in [5.74, 6) is 0. The molecule has 0 amide bonds. The Morgan fingerprint density at radius 2 is 1.93 bits per heavy atom. The Hall–Kier alpha value is -1.83. The first kappa shape index (κ1) is 8.75. The van der Waals surface area contributed by atoms with Crippen LogP contribution in [0.5, 0.6) is 0 Å². The van der Waals surface area contributed by atoms with Crippen LogP contribution in [0.3, 0.4) is 0 Å². The number of carbonyl (C=O) groups is 1. The van der Waals surface area contributed by atoms with Gasteiger partial charge in [0, 0.05) is 23.6 Å². The minimum absolute atomic E-state index is 0.708. The van der Waals surface area contributed by atoms with E-state index in [2.05, 4.69) is 0 Å². The smallest absolute Gasteiger partial charge is 0.150 e. The van der Waals surface area contributed by atoms with Crippen molar-refractivity contribution in [2.24, 2.45) is 0 Å². The van der Waals surface area contributed by atoms with Crippen molar-refractivity contribution in [2.45, 2.75) is 6.92 Å². The van der Waals surface area contributed by atoms with E-state index in [0.717, 1.165) is 17.5 Å². The highest BCUT2D eigenvalue weighted by atomic mass is 16.1. The molecule has 70 valence electrons. The lowest BCUT2D eigenvalue weighted by Gasteiger charge is -2.07. The zero-order valence-corrected chi connectivity index (χ0v) is 7.97. The highest BCUT2D eigenvalue weighted by Gasteiger charge is 2.00. The molecule has 0 aliphatic rings. The van der Waals surface area contributed by atoms with Gasteiger partial charge in [0.1, 0.15) is 6.29 Å². The van der Waals surface area contributed by atoms with Gasteiger partial charge in [0.05, 0.1) is 0 Å². The molecule has 1 aromatic heterocycles. The number of benzene rings is 1. The lowest BCUT2D eigenvalue weighted by Crippen LogP contribution is -1.94. The second kappa shape index (κ2) is 3.50. The summed E-state index contributed by atoms with van der Waals surface area (Å²) in [6.07, 6.45) is 4.81. The molecule has 0 unspecified atom stereocenters. The van der Waals surface area contributed by atoms with Crippen LogP contribution in [0.2, 0.25) is 0 Å². The third kappa shape index (κ3) is 1.46. The average molecular weight is 185 g/mol. The fourth-order valence-corrected chi connectivity index (χ4v) is 1.47. The van der Waals surface area contributed by atoms with E-state index in [1.54, 1.807) is 0 Å². The topological polar surface area (TPSA) is 22.0 Å². The lowest BCUT2D eigenvalue weighted by molar-refractivity contribution is 0.112. The van der Waals surface area contributed by atoms with Gasteiger partial charge < -0.3 is 4.57 Å². The van der Waals surface area contributed by atoms with Crippen molar-refractivity contribution in [3.8, 4) is 5.69 Å². The van der Waals surface area contributed by atoms with E-state index in [4.69, 9.17) is 0 Å². The van der Waals surface area contributed by atoms with Gasteiger partial charge in [0.15, 0.2) is 0 Å². The third-order valence-electron chi connectivity index (χ3n) is 2.25. The molecule has 0 aliphatic carbocycles. The molecule has 0 radical (unpaired) electrons. The summed E-state index contributed by atoms with van der Waals surface area (Å²) in [5.41, 5.74) is 2.92. The van der Waals surface area contributed by atoms with Crippen LogP contribution in [-0.4, -0.2) is 10.9 Å². The third-order valence-corrected chi connectivity index (χ3v) is 2.25. The predicted octanol–water partition coefficient (Wildman–Crippen LogP) is 2.60. The minimum atomic E-state index is 0.708. The number of aromatic nitrogens is 1. The van der Waals surface area contributed by atoms with Crippen LogP contribution in [0.15, 0.2) is 42.7 Å². The van der Waals surface area contributed by atoms with Crippen molar-refractivity contribution in [3.63, 3.8) is 0 Å². The molecule has 0 N–H and O–H groups in total. The molecule has 0 saturated carbocycles. The molecule has 2 nitrogen and oxygen atoms in total. The van der Waals surface area contributed by atoms with E-state index in [1.807, 2.05) is 54.2 Å². The second-order valence-electron chi connectivity index (χ2n) is 3.25. The highest BCUT2D eigenvalue weighted by molar-refractivity contribution is 5.76. The summed E-state index contributed by atoms with van der Waals surface area (Å²) in [6.45, 7) is 2.03. The summed E-state index contributed by atoms with van der Waals surface area (Å²) in [4.78, 5) is 10.6. The number of aryl methyl sites for hydroxylation is 1. The molecule has 1 heterocycles. The highest BCUT2D eigenvalue weighted by Crippen LogP contribution is 2.15. The predicted molar refractivity (Wildman–Crippen MR) is 55.9 cm³/mol. The van der Waals surface area contributed by atoms with Gasteiger partial charge in [-0.2, -0.15) is 0 Å². The van der Waals surface area contributed by atoms with E-state index in [1.165, 1.54) is 0 Å². The molecule has 14 heavy (non-hydrogen) atoms. The van der Waals surface area contributed by atoms with Crippen LogP contribution in [-0.2, 0) is 0 Å². The van der Waals surface area contributed by atoms with Crippen LogP contribution in [0.25, 0.3) is 5.69 Å². The monoisotopic (exact) mass is 185 g/mol. The molecule has 2 aromatic rings. The normalized spacial score (nSPS) is 10.1. The van der Waals surface area contributed by atoms with Crippen LogP contribution < -0.4 is 0 Å². The van der Waals surface area contributed by atoms with Crippen molar-refractivity contribution in [3.05, 3.63) is 53.9 Å². The van der Waals surface area contributed by atoms with Crippen molar-refractivity contribution in [1.29, 1.82) is 0 Å². The van der Waals surface area contributed by atoms with Crippen molar-refractivity contribution in [1.82, 2.24) is 4.57 Å². The van der Waals surface area contributed by atoms with E-state index in [9.17, 15) is 4.79 Å². The molecular weight excluding hydrogens is 174 g/mol. The Morgan fingerprint density at radius 1 is 1.21 bits per heavy atom. The molecule has 0 saturated heterocycles. The Bertz CT molecular complexity index is 443. The summed E-state index contributed by atoms with van der Waals surface area (Å²) in [7, 11) is 0. The van der Waals surface area contributed by atoms with Crippen molar-refractivity contribution >= 4 is 6.29 Å². The van der Waals surface area contributed by atoms with Gasteiger partial charge in [-0.3, -0.25) is 4.79 Å². The van der Waals surface area contributed by atoms with Gasteiger partial charge in [-0.1, -0.05) is 12.1 Å². The minimum Gasteiger partial charge on any atom is -0.324 e. The first-order valence-electron chi connectivity index (χ1n) is 4.50. The molecule has 0 fully saturated rings. The second-order valence-corrected chi connectivity index (χ2v) is 3.25. The van der Waals surface area contributed by atoms with E-state index in [-0.39, 0.29) is 0 Å². The maximum Gasteiger partial charge on any atom is 0.150 e. The maximum atomic E-state index is 10.6. The molecule has 2 heteroatoms. The van der Waals surface area contributed by atoms with Gasteiger partial charge in [-0.15, -0.1) is 0 Å². The number of hydrogen-bond acceptors (Lipinski definition) is 1. The number of carbonyl (C=O) groups excluding carboxylic acids is 1. The van der Waals surface area contributed by atoms with Crippen LogP contribution in [0.4, 0.5) is 0 Å². The Labute approximate surface area is 82.8 Å². The first-order valence-corrected chi connectivity index (χ1v) is 4.50. The van der Waals surface area contributed by atoms with Crippen LogP contribution in [0.1, 0.15) is 15.9 Å². The van der Waals surface area contributed by atoms with Crippen molar-refractivity contribution < 1.29 is 4.79 Å². The van der Waals surface area contributed by atoms with E-state index >= 15 is 0 Å². The van der Waals surface area contributed by atoms with Gasteiger partial charge in [0.25, 0.3) is 0 Å². The Kier molecular flexibility index (Phi) is 2.19. The Balaban J connectivity index is 2.57. The van der Waals surface area contributed by atoms with Gasteiger partial charge in [-0.05, 0) is 30.7 Å². The first-order chi connectivity index (χ1) is 6.81. The Morgan fingerprint density at radius 3 is 2.57 bits per heavy atom. The largest absolute Gasteiger partial charge is 0.324 e. The van der Waals surface area contributed by atoms with Crippen LogP contribution in [0, 0.1) is 6.92 Å². The zero-order chi connectivity index (χ0) is 9.97. The summed E-state index contributed by atoms with van der Waals surface area (Å²) < 4.78 is 2.00. The number of hydrogen-bond donors (Lipinski definition) is 0. The molecule has 1 aromatic carbocycles. The van der Waals surface area contributed by atoms with E-state index < -0.39 is 0 Å². The molecule has 0 bridgehead atoms. The number of aldehydes is 1. The maximum absolute atomic E-state index is 10.6. The van der Waals surface area contributed by atoms with Gasteiger partial charge in [-0.25, -0.2) is 0 Å². The molecule has 0 atom stereocenters. The quantitative estimate of drug-likeness (QED) is 0.659. The van der Waals surface area contributed by atoms with Gasteiger partial charge >= 0.3 is 0 Å². The average Bonchev–Trinajstić information content (AvgIpc) is 2.71. The van der Waals surface area contributed by atoms with E-state index in [0.29, 0.717) is 5.56 Å². The number of rotatable bonds is 2. The van der Waals surface area contributed by atoms with Gasteiger partial charge in [0.2, 0.25) is 0 Å². The fourth-order valence-electron chi connectivity index (χ4n) is 1.47. The molecular formula is C12H11NO. The molecule has 2 rings (SSSR count). The zero-order valence-electron chi connectivity index (χ0n) is 7.97. The molecule has 0 spiro atoms. The lowest BCUT2D eigenvalue weighted by atomic mass is 10.1. The standard InChI is InChI=1S/C12H11NO/c1-10-4-5-11(9-14)8-12(10)13-6-2-3-7-13/h2-9H,1H3. The summed E-state index contributed by atoms with van der Waals surface area (Å²) in [5, 5.41) is 0. The SMILES string of the molecule is Cc1ccc(C=O)cc1-n1cccc1. The van der Waals surface area contributed by atoms with Crippen LogP contribution >= 0.6 is 0 Å². The molecule has 0 aliphatic heterocycles. The number of nitrogens with zero attached hydrogens (tertiary/aromatic N) is 1. The summed E-state index contributed by atoms with van der Waals surface area (Å²) >= 11 is 0. The fraction of sp³-hybridized carbons (Fsp3) is 0.0833. The van der Waals surface area contributed by atoms with Crippen molar-refractivity contribution in [2.75, 3.05) is 0 Å². The summed E-state index contributed by atoms with van der Waals surface area (Å²) in [6, 6.07) is 9.61.